The number of para-hydroxylation sites is 2. The van der Waals surface area contributed by atoms with Crippen molar-refractivity contribution in [2.75, 3.05) is 43.1 Å². The van der Waals surface area contributed by atoms with Gasteiger partial charge in [-0.05, 0) is 76.8 Å². The summed E-state index contributed by atoms with van der Waals surface area (Å²) in [5, 5.41) is 3.02. The third kappa shape index (κ3) is 7.67. The van der Waals surface area contributed by atoms with Crippen molar-refractivity contribution in [3.05, 3.63) is 87.7 Å². The molecule has 39 heavy (non-hydrogen) atoms. The van der Waals surface area contributed by atoms with Crippen LogP contribution in [0.15, 0.2) is 87.1 Å². The van der Waals surface area contributed by atoms with Crippen LogP contribution in [0.3, 0.4) is 0 Å². The number of hydrogen-bond donors (Lipinski definition) is 1. The standard InChI is InChI=1S/C31H34BrN3O3S/c1-3-4-18-34(24-11-6-5-7-12-24)19-10-17-33-30(36)22-35-26-13-8-9-14-28(26)39-29(31(35)37)21-23-15-16-27(38-2)25(32)20-23/h5-9,11-16,20-21H,3-4,10,17-19,22H2,1-2H3,(H,33,36). The number of methoxy groups -OCH3 is 1. The fourth-order valence-corrected chi connectivity index (χ4v) is 6.02. The molecule has 4 rings (SSSR count). The lowest BCUT2D eigenvalue weighted by Gasteiger charge is -2.30. The van der Waals surface area contributed by atoms with Gasteiger partial charge in [-0.3, -0.25) is 14.5 Å². The highest BCUT2D eigenvalue weighted by molar-refractivity contribution is 9.10. The molecule has 3 aromatic rings. The number of nitrogens with one attached hydrogen (secondary N) is 1. The number of rotatable bonds is 12. The second-order valence-corrected chi connectivity index (χ2v) is 11.2. The molecule has 1 aliphatic rings. The number of ether oxygens (including phenoxy) is 1. The second kappa shape index (κ2) is 14.2. The van der Waals surface area contributed by atoms with E-state index in [0.29, 0.717) is 11.4 Å². The van der Waals surface area contributed by atoms with Crippen molar-refractivity contribution in [1.29, 1.82) is 0 Å². The maximum atomic E-state index is 13.5. The smallest absolute Gasteiger partial charge is 0.265 e. The molecule has 0 fully saturated rings. The number of thioether (sulfide) groups is 1. The van der Waals surface area contributed by atoms with Gasteiger partial charge in [0, 0.05) is 30.2 Å². The first-order valence-corrected chi connectivity index (χ1v) is 14.8. The number of unbranched alkanes of at least 4 members (excludes halogenated alkanes) is 1. The fourth-order valence-electron chi connectivity index (χ4n) is 4.40. The van der Waals surface area contributed by atoms with E-state index in [0.717, 1.165) is 58.7 Å². The lowest BCUT2D eigenvalue weighted by Crippen LogP contribution is -2.43. The first-order chi connectivity index (χ1) is 19.0. The fraction of sp³-hybridized carbons (Fsp3) is 0.290. The zero-order valence-electron chi connectivity index (χ0n) is 22.4. The zero-order valence-corrected chi connectivity index (χ0v) is 24.8. The topological polar surface area (TPSA) is 61.9 Å². The first kappa shape index (κ1) is 28.8. The van der Waals surface area contributed by atoms with Gasteiger partial charge in [-0.15, -0.1) is 0 Å². The molecule has 1 heterocycles. The van der Waals surface area contributed by atoms with E-state index >= 15 is 0 Å². The van der Waals surface area contributed by atoms with Crippen LogP contribution in [0, 0.1) is 0 Å². The largest absolute Gasteiger partial charge is 0.496 e. The van der Waals surface area contributed by atoms with E-state index in [1.165, 1.54) is 17.4 Å². The van der Waals surface area contributed by atoms with Gasteiger partial charge < -0.3 is 15.0 Å². The Labute approximate surface area is 243 Å². The van der Waals surface area contributed by atoms with Crippen molar-refractivity contribution < 1.29 is 14.3 Å². The number of carbonyl (C=O) groups is 2. The van der Waals surface area contributed by atoms with E-state index in [9.17, 15) is 9.59 Å². The average Bonchev–Trinajstić information content (AvgIpc) is 2.95. The molecular weight excluding hydrogens is 574 g/mol. The summed E-state index contributed by atoms with van der Waals surface area (Å²) in [5.41, 5.74) is 2.83. The Kier molecular flexibility index (Phi) is 10.5. The lowest BCUT2D eigenvalue weighted by atomic mass is 10.2. The monoisotopic (exact) mass is 607 g/mol. The van der Waals surface area contributed by atoms with Crippen LogP contribution in [0.25, 0.3) is 6.08 Å². The van der Waals surface area contributed by atoms with Crippen LogP contribution in [0.1, 0.15) is 31.7 Å². The SMILES string of the molecule is CCCCN(CCCNC(=O)CN1C(=O)C(=Cc2ccc(OC)c(Br)c2)Sc2ccccc21)c1ccccc1. The van der Waals surface area contributed by atoms with Crippen LogP contribution in [-0.4, -0.2) is 45.1 Å². The van der Waals surface area contributed by atoms with Gasteiger partial charge in [-0.1, -0.05) is 61.5 Å². The summed E-state index contributed by atoms with van der Waals surface area (Å²) in [6.45, 7) is 4.56. The summed E-state index contributed by atoms with van der Waals surface area (Å²) in [6, 6.07) is 23.8. The van der Waals surface area contributed by atoms with Crippen molar-refractivity contribution in [2.45, 2.75) is 31.1 Å². The molecule has 6 nitrogen and oxygen atoms in total. The van der Waals surface area contributed by atoms with Gasteiger partial charge in [0.05, 0.1) is 22.2 Å². The van der Waals surface area contributed by atoms with Crippen LogP contribution < -0.4 is 19.9 Å². The Balaban J connectivity index is 1.40. The van der Waals surface area contributed by atoms with Gasteiger partial charge in [-0.2, -0.15) is 0 Å². The molecule has 0 aromatic heterocycles. The summed E-state index contributed by atoms with van der Waals surface area (Å²) >= 11 is 4.93. The maximum Gasteiger partial charge on any atom is 0.265 e. The second-order valence-electron chi connectivity index (χ2n) is 9.24. The highest BCUT2D eigenvalue weighted by Crippen LogP contribution is 2.42. The van der Waals surface area contributed by atoms with Crippen molar-refractivity contribution in [2.24, 2.45) is 0 Å². The predicted molar refractivity (Wildman–Crippen MR) is 165 cm³/mol. The number of anilines is 2. The van der Waals surface area contributed by atoms with Gasteiger partial charge in [0.15, 0.2) is 0 Å². The Bertz CT molecular complexity index is 1320. The molecule has 204 valence electrons. The van der Waals surface area contributed by atoms with Gasteiger partial charge in [-0.25, -0.2) is 0 Å². The van der Waals surface area contributed by atoms with E-state index in [2.05, 4.69) is 57.3 Å². The number of hydrogen-bond acceptors (Lipinski definition) is 5. The van der Waals surface area contributed by atoms with Crippen molar-refractivity contribution in [3.8, 4) is 5.75 Å². The van der Waals surface area contributed by atoms with E-state index in [1.54, 1.807) is 12.0 Å². The third-order valence-corrected chi connectivity index (χ3v) is 8.13. The van der Waals surface area contributed by atoms with Gasteiger partial charge >= 0.3 is 0 Å². The van der Waals surface area contributed by atoms with Crippen LogP contribution in [-0.2, 0) is 9.59 Å². The molecule has 8 heteroatoms. The molecule has 0 saturated heterocycles. The van der Waals surface area contributed by atoms with Crippen LogP contribution in [0.4, 0.5) is 11.4 Å². The van der Waals surface area contributed by atoms with E-state index in [4.69, 9.17) is 4.74 Å². The first-order valence-electron chi connectivity index (χ1n) is 13.2. The summed E-state index contributed by atoms with van der Waals surface area (Å²) in [5.74, 6) is 0.368. The minimum Gasteiger partial charge on any atom is -0.496 e. The number of halogens is 1. The minimum absolute atomic E-state index is 0.0295. The molecule has 1 N–H and O–H groups in total. The molecule has 0 spiro atoms. The molecule has 3 aromatic carbocycles. The summed E-state index contributed by atoms with van der Waals surface area (Å²) in [4.78, 5) is 31.9. The molecule has 2 amide bonds. The maximum absolute atomic E-state index is 13.5. The Hall–Kier alpha value is -3.23. The summed E-state index contributed by atoms with van der Waals surface area (Å²) < 4.78 is 6.13. The molecule has 1 aliphatic heterocycles. The Morgan fingerprint density at radius 1 is 1.05 bits per heavy atom. The van der Waals surface area contributed by atoms with Crippen LogP contribution in [0.5, 0.6) is 5.75 Å². The minimum atomic E-state index is -0.185. The molecule has 0 aliphatic carbocycles. The van der Waals surface area contributed by atoms with E-state index in [-0.39, 0.29) is 18.4 Å². The number of amides is 2. The molecule has 0 saturated carbocycles. The van der Waals surface area contributed by atoms with E-state index in [1.807, 2.05) is 54.6 Å². The Morgan fingerprint density at radius 2 is 1.79 bits per heavy atom. The van der Waals surface area contributed by atoms with E-state index < -0.39 is 0 Å². The number of nitrogens with zero attached hydrogens (tertiary/aromatic N) is 2. The molecular formula is C31H34BrN3O3S. The van der Waals surface area contributed by atoms with Crippen molar-refractivity contribution >= 4 is 57.0 Å². The van der Waals surface area contributed by atoms with Gasteiger partial charge in [0.25, 0.3) is 5.91 Å². The number of fused-ring (bicyclic) bond motifs is 1. The third-order valence-electron chi connectivity index (χ3n) is 6.44. The quantitative estimate of drug-likeness (QED) is 0.182. The molecule has 0 unspecified atom stereocenters. The summed E-state index contributed by atoms with van der Waals surface area (Å²) in [7, 11) is 1.62. The Morgan fingerprint density at radius 3 is 2.54 bits per heavy atom. The predicted octanol–water partition coefficient (Wildman–Crippen LogP) is 6.75. The van der Waals surface area contributed by atoms with Crippen molar-refractivity contribution in [3.63, 3.8) is 0 Å². The van der Waals surface area contributed by atoms with Crippen LogP contribution >= 0.6 is 27.7 Å². The van der Waals surface area contributed by atoms with Gasteiger partial charge in [0.2, 0.25) is 5.91 Å². The molecule has 0 radical (unpaired) electrons. The number of carbonyl (C=O) groups excluding carboxylic acids is 2. The van der Waals surface area contributed by atoms with Gasteiger partial charge in [0.1, 0.15) is 12.3 Å². The summed E-state index contributed by atoms with van der Waals surface area (Å²) in [6.07, 6.45) is 4.93. The van der Waals surface area contributed by atoms with Crippen LogP contribution in [0.2, 0.25) is 0 Å². The highest BCUT2D eigenvalue weighted by Gasteiger charge is 2.30. The zero-order chi connectivity index (χ0) is 27.6. The lowest BCUT2D eigenvalue weighted by molar-refractivity contribution is -0.122. The van der Waals surface area contributed by atoms with Crippen molar-refractivity contribution in [1.82, 2.24) is 5.32 Å². The normalized spacial score (nSPS) is 13.8. The molecule has 0 bridgehead atoms. The highest BCUT2D eigenvalue weighted by atomic mass is 79.9. The molecule has 0 atom stereocenters. The average molecular weight is 609 g/mol. The number of benzene rings is 3.